The van der Waals surface area contributed by atoms with Crippen molar-refractivity contribution in [3.8, 4) is 0 Å². The smallest absolute Gasteiger partial charge is 0.397 e. The van der Waals surface area contributed by atoms with Crippen LogP contribution in [0.4, 0.5) is 0 Å². The molecule has 6 unspecified atom stereocenters. The van der Waals surface area contributed by atoms with Crippen molar-refractivity contribution in [2.45, 2.75) is 108 Å². The van der Waals surface area contributed by atoms with Crippen LogP contribution in [-0.4, -0.2) is 97.5 Å². The van der Waals surface area contributed by atoms with Crippen LogP contribution in [0.15, 0.2) is 0 Å². The molecule has 1 aliphatic heterocycles. The maximum Gasteiger partial charge on any atom is 0.397 e. The highest BCUT2D eigenvalue weighted by Gasteiger charge is 2.47. The Kier molecular flexibility index (Phi) is 16.1. The number of rotatable bonds is 19. The predicted molar refractivity (Wildman–Crippen MR) is 124 cm³/mol. The van der Waals surface area contributed by atoms with E-state index in [4.69, 9.17) is 23.5 Å². The van der Waals surface area contributed by atoms with Crippen LogP contribution in [0.5, 0.6) is 0 Å². The molecular weight excluding hydrogens is 488 g/mol. The van der Waals surface area contributed by atoms with Gasteiger partial charge < -0.3 is 34.3 Å². The summed E-state index contributed by atoms with van der Waals surface area (Å²) in [7, 11) is -5.03. The second-order valence-corrected chi connectivity index (χ2v) is 9.59. The third-order valence-corrected chi connectivity index (χ3v) is 6.00. The van der Waals surface area contributed by atoms with Crippen molar-refractivity contribution in [1.82, 2.24) is 0 Å². The van der Waals surface area contributed by atoms with Gasteiger partial charge >= 0.3 is 16.4 Å². The van der Waals surface area contributed by atoms with E-state index in [1.54, 1.807) is 6.92 Å². The summed E-state index contributed by atoms with van der Waals surface area (Å²) in [5, 5.41) is 29.8. The van der Waals surface area contributed by atoms with Crippen molar-refractivity contribution in [3.05, 3.63) is 0 Å². The second-order valence-electron chi connectivity index (χ2n) is 8.54. The summed E-state index contributed by atoms with van der Waals surface area (Å²) in [5.41, 5.74) is 0. The number of esters is 1. The molecule has 35 heavy (non-hydrogen) atoms. The fraction of sp³-hybridized carbons (Fsp3) is 0.955. The van der Waals surface area contributed by atoms with Gasteiger partial charge in [-0.2, -0.15) is 8.42 Å². The first kappa shape index (κ1) is 32.1. The number of ether oxygens (including phenoxy) is 4. The highest BCUT2D eigenvalue weighted by atomic mass is 32.3. The molecular formula is C22H42O12S. The van der Waals surface area contributed by atoms with Crippen LogP contribution in [0.2, 0.25) is 0 Å². The molecule has 0 spiro atoms. The SMILES string of the molecule is CCCCCCCCCCOCC(COC1OC(CO)C(O)C(OS(=O)(=O)O)C1O)OC(=O)CC. The summed E-state index contributed by atoms with van der Waals surface area (Å²) in [5.74, 6) is -0.490. The Bertz CT molecular complexity index is 673. The molecule has 1 heterocycles. The summed E-state index contributed by atoms with van der Waals surface area (Å²) < 4.78 is 57.1. The van der Waals surface area contributed by atoms with Gasteiger partial charge in [0.05, 0.1) is 19.8 Å². The Hall–Kier alpha value is -0.900. The standard InChI is InChI=1S/C22H42O12S/c1-3-5-6-7-8-9-10-11-12-30-14-16(32-18(24)4-2)15-31-22-20(26)21(34-35(27,28)29)19(25)17(13-23)33-22/h16-17,19-23,25-26H,3-15H2,1-2H3,(H,27,28,29). The summed E-state index contributed by atoms with van der Waals surface area (Å²) >= 11 is 0. The Balaban J connectivity index is 2.54. The molecule has 1 aliphatic rings. The van der Waals surface area contributed by atoms with Gasteiger partial charge in [-0.25, -0.2) is 4.18 Å². The number of aliphatic hydroxyl groups excluding tert-OH is 3. The van der Waals surface area contributed by atoms with E-state index in [9.17, 15) is 28.5 Å². The topological polar surface area (TPSA) is 178 Å². The zero-order valence-corrected chi connectivity index (χ0v) is 21.4. The number of hydrogen-bond donors (Lipinski definition) is 4. The van der Waals surface area contributed by atoms with Crippen LogP contribution in [0.1, 0.15) is 71.6 Å². The third-order valence-electron chi connectivity index (χ3n) is 5.53. The lowest BCUT2D eigenvalue weighted by molar-refractivity contribution is -0.301. The van der Waals surface area contributed by atoms with Crippen LogP contribution in [-0.2, 0) is 38.3 Å². The first-order valence-electron chi connectivity index (χ1n) is 12.3. The molecule has 0 bridgehead atoms. The molecule has 1 rings (SSSR count). The Labute approximate surface area is 207 Å². The molecule has 0 aromatic carbocycles. The average Bonchev–Trinajstić information content (AvgIpc) is 2.81. The van der Waals surface area contributed by atoms with Crippen LogP contribution >= 0.6 is 0 Å². The minimum atomic E-state index is -5.03. The predicted octanol–water partition coefficient (Wildman–Crippen LogP) is 1.11. The van der Waals surface area contributed by atoms with Crippen LogP contribution in [0.3, 0.4) is 0 Å². The van der Waals surface area contributed by atoms with Gasteiger partial charge in [-0.1, -0.05) is 58.8 Å². The Morgan fingerprint density at radius 3 is 2.17 bits per heavy atom. The fourth-order valence-corrected chi connectivity index (χ4v) is 4.09. The van der Waals surface area contributed by atoms with Gasteiger partial charge in [-0.05, 0) is 6.42 Å². The van der Waals surface area contributed by atoms with Gasteiger partial charge in [0.25, 0.3) is 0 Å². The van der Waals surface area contributed by atoms with Crippen LogP contribution in [0, 0.1) is 0 Å². The van der Waals surface area contributed by atoms with Crippen molar-refractivity contribution in [2.24, 2.45) is 0 Å². The zero-order valence-electron chi connectivity index (χ0n) is 20.6. The Morgan fingerprint density at radius 2 is 1.60 bits per heavy atom. The molecule has 1 saturated heterocycles. The molecule has 0 radical (unpaired) electrons. The molecule has 0 aliphatic carbocycles. The average molecular weight is 531 g/mol. The van der Waals surface area contributed by atoms with Gasteiger partial charge in [-0.3, -0.25) is 9.35 Å². The number of carbonyl (C=O) groups is 1. The summed E-state index contributed by atoms with van der Waals surface area (Å²) in [6, 6.07) is 0. The number of aliphatic hydroxyl groups is 3. The highest BCUT2D eigenvalue weighted by Crippen LogP contribution is 2.25. The first-order valence-corrected chi connectivity index (χ1v) is 13.7. The van der Waals surface area contributed by atoms with E-state index in [0.29, 0.717) is 6.61 Å². The molecule has 0 aromatic heterocycles. The molecule has 0 saturated carbocycles. The summed E-state index contributed by atoms with van der Waals surface area (Å²) in [4.78, 5) is 11.8. The number of carbonyl (C=O) groups excluding carboxylic acids is 1. The largest absolute Gasteiger partial charge is 0.457 e. The third kappa shape index (κ3) is 13.3. The number of hydrogen-bond acceptors (Lipinski definition) is 11. The molecule has 12 nitrogen and oxygen atoms in total. The molecule has 0 amide bonds. The molecule has 1 fully saturated rings. The normalized spacial score (nSPS) is 25.9. The minimum absolute atomic E-state index is 0.0298. The summed E-state index contributed by atoms with van der Waals surface area (Å²) in [6.07, 6.45) is 0.131. The maximum atomic E-state index is 11.8. The zero-order chi connectivity index (χ0) is 26.3. The van der Waals surface area contributed by atoms with E-state index >= 15 is 0 Å². The van der Waals surface area contributed by atoms with Crippen molar-refractivity contribution >= 4 is 16.4 Å². The molecule has 0 aromatic rings. The van der Waals surface area contributed by atoms with E-state index in [1.165, 1.54) is 32.1 Å². The quantitative estimate of drug-likeness (QED) is 0.106. The lowest BCUT2D eigenvalue weighted by Crippen LogP contribution is -2.60. The van der Waals surface area contributed by atoms with Crippen molar-refractivity contribution in [3.63, 3.8) is 0 Å². The van der Waals surface area contributed by atoms with Crippen molar-refractivity contribution < 1.29 is 56.2 Å². The molecule has 6 atom stereocenters. The van der Waals surface area contributed by atoms with E-state index in [0.717, 1.165) is 19.3 Å². The highest BCUT2D eigenvalue weighted by molar-refractivity contribution is 7.80. The Morgan fingerprint density at radius 1 is 0.971 bits per heavy atom. The van der Waals surface area contributed by atoms with E-state index in [1.807, 2.05) is 0 Å². The van der Waals surface area contributed by atoms with E-state index in [-0.39, 0.29) is 19.6 Å². The summed E-state index contributed by atoms with van der Waals surface area (Å²) in [6.45, 7) is 3.29. The monoisotopic (exact) mass is 530 g/mol. The van der Waals surface area contributed by atoms with Gasteiger partial charge in [0.1, 0.15) is 30.5 Å². The molecule has 13 heteroatoms. The van der Waals surface area contributed by atoms with Crippen molar-refractivity contribution in [2.75, 3.05) is 26.4 Å². The van der Waals surface area contributed by atoms with Gasteiger partial charge in [0.2, 0.25) is 0 Å². The number of unbranched alkanes of at least 4 members (excludes halogenated alkanes) is 7. The minimum Gasteiger partial charge on any atom is -0.457 e. The molecule has 4 N–H and O–H groups in total. The second kappa shape index (κ2) is 17.5. The van der Waals surface area contributed by atoms with Gasteiger partial charge in [0, 0.05) is 13.0 Å². The van der Waals surface area contributed by atoms with Crippen LogP contribution < -0.4 is 0 Å². The maximum absolute atomic E-state index is 11.8. The van der Waals surface area contributed by atoms with E-state index < -0.39 is 59.8 Å². The lowest BCUT2D eigenvalue weighted by atomic mass is 9.99. The fourth-order valence-electron chi connectivity index (χ4n) is 3.59. The van der Waals surface area contributed by atoms with Gasteiger partial charge in [-0.15, -0.1) is 0 Å². The van der Waals surface area contributed by atoms with E-state index in [2.05, 4.69) is 11.1 Å². The van der Waals surface area contributed by atoms with Gasteiger partial charge in [0.15, 0.2) is 6.29 Å². The lowest BCUT2D eigenvalue weighted by Gasteiger charge is -2.41. The molecule has 208 valence electrons. The first-order chi connectivity index (χ1) is 16.6. The van der Waals surface area contributed by atoms with Crippen LogP contribution in [0.25, 0.3) is 0 Å². The van der Waals surface area contributed by atoms with Crippen molar-refractivity contribution in [1.29, 1.82) is 0 Å².